The number of aromatic nitrogens is 5. The SMILES string of the molecule is COc1ccc(OC)c(C=NNC(=O)c2nnn(-c3nonc3N)c2-c2ccc(C)cc2)c1. The molecule has 4 aromatic rings. The summed E-state index contributed by atoms with van der Waals surface area (Å²) in [6, 6.07) is 12.7. The summed E-state index contributed by atoms with van der Waals surface area (Å²) in [5, 5.41) is 19.4. The number of rotatable bonds is 7. The van der Waals surface area contributed by atoms with Gasteiger partial charge in [0.2, 0.25) is 11.6 Å². The summed E-state index contributed by atoms with van der Waals surface area (Å²) in [5.74, 6) is 0.705. The van der Waals surface area contributed by atoms with E-state index in [2.05, 4.69) is 35.8 Å². The van der Waals surface area contributed by atoms with E-state index in [-0.39, 0.29) is 17.3 Å². The maximum absolute atomic E-state index is 13.0. The van der Waals surface area contributed by atoms with Crippen LogP contribution in [0.3, 0.4) is 0 Å². The molecule has 0 radical (unpaired) electrons. The summed E-state index contributed by atoms with van der Waals surface area (Å²) in [4.78, 5) is 13.0. The molecule has 168 valence electrons. The molecule has 1 amide bonds. The molecular weight excluding hydrogens is 428 g/mol. The van der Waals surface area contributed by atoms with Crippen LogP contribution in [0.4, 0.5) is 5.82 Å². The minimum absolute atomic E-state index is 0.00311. The van der Waals surface area contributed by atoms with Crippen molar-refractivity contribution in [2.75, 3.05) is 20.0 Å². The Hall–Kier alpha value is -4.74. The van der Waals surface area contributed by atoms with Crippen molar-refractivity contribution in [2.24, 2.45) is 5.10 Å². The van der Waals surface area contributed by atoms with Crippen molar-refractivity contribution in [3.8, 4) is 28.6 Å². The second-order valence-electron chi connectivity index (χ2n) is 6.84. The van der Waals surface area contributed by atoms with Gasteiger partial charge in [-0.1, -0.05) is 35.0 Å². The lowest BCUT2D eigenvalue weighted by Gasteiger charge is -2.07. The second-order valence-corrected chi connectivity index (χ2v) is 6.84. The van der Waals surface area contributed by atoms with Crippen LogP contribution in [0.2, 0.25) is 0 Å². The number of carbonyl (C=O) groups excluding carboxylic acids is 1. The largest absolute Gasteiger partial charge is 0.497 e. The minimum atomic E-state index is -0.593. The van der Waals surface area contributed by atoms with E-state index in [9.17, 15) is 4.79 Å². The molecular formula is C21H20N8O4. The number of methoxy groups -OCH3 is 2. The minimum Gasteiger partial charge on any atom is -0.497 e. The Bertz CT molecular complexity index is 1310. The van der Waals surface area contributed by atoms with Gasteiger partial charge in [0.15, 0.2) is 5.69 Å². The zero-order valence-corrected chi connectivity index (χ0v) is 18.0. The van der Waals surface area contributed by atoms with E-state index in [0.717, 1.165) is 5.56 Å². The van der Waals surface area contributed by atoms with Gasteiger partial charge >= 0.3 is 0 Å². The highest BCUT2D eigenvalue weighted by Crippen LogP contribution is 2.27. The zero-order chi connectivity index (χ0) is 23.4. The number of nitrogens with one attached hydrogen (secondary N) is 1. The molecule has 4 rings (SSSR count). The smallest absolute Gasteiger partial charge is 0.294 e. The van der Waals surface area contributed by atoms with E-state index in [1.807, 2.05) is 31.2 Å². The van der Waals surface area contributed by atoms with E-state index in [0.29, 0.717) is 28.3 Å². The highest BCUT2D eigenvalue weighted by atomic mass is 16.6. The van der Waals surface area contributed by atoms with Crippen molar-refractivity contribution >= 4 is 17.9 Å². The molecule has 0 fully saturated rings. The van der Waals surface area contributed by atoms with E-state index >= 15 is 0 Å². The number of aryl methyl sites for hydroxylation is 1. The number of hydrogen-bond acceptors (Lipinski definition) is 10. The first-order chi connectivity index (χ1) is 16.0. The number of hydrazone groups is 1. The molecule has 2 aromatic carbocycles. The molecule has 0 spiro atoms. The number of hydrogen-bond donors (Lipinski definition) is 2. The third kappa shape index (κ3) is 4.35. The Morgan fingerprint density at radius 3 is 2.61 bits per heavy atom. The topological polar surface area (TPSA) is 156 Å². The normalized spacial score (nSPS) is 11.0. The number of nitrogen functional groups attached to an aromatic ring is 1. The van der Waals surface area contributed by atoms with Crippen molar-refractivity contribution in [3.63, 3.8) is 0 Å². The van der Waals surface area contributed by atoms with E-state index in [4.69, 9.17) is 15.2 Å². The van der Waals surface area contributed by atoms with Gasteiger partial charge in [0.05, 0.1) is 20.4 Å². The lowest BCUT2D eigenvalue weighted by Crippen LogP contribution is -2.19. The Kier molecular flexibility index (Phi) is 5.98. The van der Waals surface area contributed by atoms with Crippen molar-refractivity contribution in [3.05, 3.63) is 59.3 Å². The first-order valence-corrected chi connectivity index (χ1v) is 9.68. The Morgan fingerprint density at radius 1 is 1.15 bits per heavy atom. The molecule has 0 saturated carbocycles. The van der Waals surface area contributed by atoms with Crippen LogP contribution >= 0.6 is 0 Å². The highest BCUT2D eigenvalue weighted by Gasteiger charge is 2.25. The van der Waals surface area contributed by atoms with E-state index < -0.39 is 5.91 Å². The predicted octanol–water partition coefficient (Wildman–Crippen LogP) is 1.99. The molecule has 12 nitrogen and oxygen atoms in total. The monoisotopic (exact) mass is 448 g/mol. The van der Waals surface area contributed by atoms with Crippen LogP contribution in [-0.4, -0.2) is 51.6 Å². The van der Waals surface area contributed by atoms with Gasteiger partial charge in [-0.2, -0.15) is 9.78 Å². The number of ether oxygens (including phenoxy) is 2. The maximum atomic E-state index is 13.0. The van der Waals surface area contributed by atoms with Crippen LogP contribution in [0.25, 0.3) is 17.1 Å². The third-order valence-corrected chi connectivity index (χ3v) is 4.71. The van der Waals surface area contributed by atoms with E-state index in [1.165, 1.54) is 18.0 Å². The van der Waals surface area contributed by atoms with Gasteiger partial charge in [-0.15, -0.1) is 5.10 Å². The average Bonchev–Trinajstić information content (AvgIpc) is 3.45. The number of benzene rings is 2. The van der Waals surface area contributed by atoms with Gasteiger partial charge in [0.25, 0.3) is 5.91 Å². The Labute approximate surface area is 188 Å². The molecule has 3 N–H and O–H groups in total. The van der Waals surface area contributed by atoms with Crippen LogP contribution in [0.5, 0.6) is 11.5 Å². The summed E-state index contributed by atoms with van der Waals surface area (Å²) in [6.07, 6.45) is 1.44. The molecule has 0 saturated heterocycles. The summed E-state index contributed by atoms with van der Waals surface area (Å²) < 4.78 is 16.5. The van der Waals surface area contributed by atoms with Gasteiger partial charge in [-0.3, -0.25) is 4.79 Å². The standard InChI is InChI=1S/C21H20N8O4/c1-12-4-6-13(7-5-12)18-17(24-28-29(18)20-19(22)26-33-27-20)21(30)25-23-11-14-10-15(31-2)8-9-16(14)32-3/h4-11H,1-3H3,(H2,22,26)(H,25,30). The number of anilines is 1. The van der Waals surface area contributed by atoms with Crippen LogP contribution in [0.15, 0.2) is 52.2 Å². The van der Waals surface area contributed by atoms with Gasteiger partial charge in [0.1, 0.15) is 17.2 Å². The van der Waals surface area contributed by atoms with Crippen LogP contribution in [0, 0.1) is 6.92 Å². The van der Waals surface area contributed by atoms with Gasteiger partial charge in [-0.25, -0.2) is 10.1 Å². The lowest BCUT2D eigenvalue weighted by atomic mass is 10.1. The second kappa shape index (κ2) is 9.18. The van der Waals surface area contributed by atoms with Crippen molar-refractivity contribution < 1.29 is 18.9 Å². The Balaban J connectivity index is 1.67. The molecule has 0 bridgehead atoms. The fourth-order valence-electron chi connectivity index (χ4n) is 3.05. The number of nitrogens with zero attached hydrogens (tertiary/aromatic N) is 6. The maximum Gasteiger partial charge on any atom is 0.294 e. The molecule has 0 aliphatic rings. The lowest BCUT2D eigenvalue weighted by molar-refractivity contribution is 0.0950. The Morgan fingerprint density at radius 2 is 1.94 bits per heavy atom. The summed E-state index contributed by atoms with van der Waals surface area (Å²) in [6.45, 7) is 1.95. The molecule has 0 aliphatic carbocycles. The van der Waals surface area contributed by atoms with Crippen molar-refractivity contribution in [1.29, 1.82) is 0 Å². The zero-order valence-electron chi connectivity index (χ0n) is 18.0. The van der Waals surface area contributed by atoms with Crippen LogP contribution in [0.1, 0.15) is 21.6 Å². The quantitative estimate of drug-likeness (QED) is 0.319. The fraction of sp³-hybridized carbons (Fsp3) is 0.143. The van der Waals surface area contributed by atoms with Gasteiger partial charge in [0, 0.05) is 11.1 Å². The van der Waals surface area contributed by atoms with Crippen molar-refractivity contribution in [1.82, 2.24) is 30.7 Å². The fourth-order valence-corrected chi connectivity index (χ4v) is 3.05. The number of amides is 1. The first kappa shape index (κ1) is 21.5. The van der Waals surface area contributed by atoms with Gasteiger partial charge in [-0.05, 0) is 35.4 Å². The molecule has 33 heavy (non-hydrogen) atoms. The summed E-state index contributed by atoms with van der Waals surface area (Å²) >= 11 is 0. The molecule has 2 heterocycles. The highest BCUT2D eigenvalue weighted by molar-refractivity contribution is 5.99. The van der Waals surface area contributed by atoms with Crippen LogP contribution < -0.4 is 20.6 Å². The van der Waals surface area contributed by atoms with Crippen LogP contribution in [-0.2, 0) is 0 Å². The summed E-state index contributed by atoms with van der Waals surface area (Å²) in [7, 11) is 3.09. The molecule has 2 aromatic heterocycles. The van der Waals surface area contributed by atoms with E-state index in [1.54, 1.807) is 25.3 Å². The summed E-state index contributed by atoms with van der Waals surface area (Å²) in [5.41, 5.74) is 11.0. The molecule has 0 atom stereocenters. The first-order valence-electron chi connectivity index (χ1n) is 9.68. The molecule has 0 aliphatic heterocycles. The third-order valence-electron chi connectivity index (χ3n) is 4.71. The van der Waals surface area contributed by atoms with Gasteiger partial charge < -0.3 is 15.2 Å². The molecule has 12 heteroatoms. The number of carbonyl (C=O) groups is 1. The number of nitrogens with two attached hydrogens (primary N) is 1. The predicted molar refractivity (Wildman–Crippen MR) is 118 cm³/mol. The molecule has 0 unspecified atom stereocenters. The average molecular weight is 448 g/mol. The van der Waals surface area contributed by atoms with Crippen molar-refractivity contribution in [2.45, 2.75) is 6.92 Å².